The number of aromatic carboxylic acids is 1. The second kappa shape index (κ2) is 8.53. The number of carboxylic acids is 1. The number of hydrogen-bond acceptors (Lipinski definition) is 4. The Morgan fingerprint density at radius 3 is 2.32 bits per heavy atom. The van der Waals surface area contributed by atoms with Gasteiger partial charge < -0.3 is 15.7 Å². The highest BCUT2D eigenvalue weighted by molar-refractivity contribution is 7.16. The second-order valence-electron chi connectivity index (χ2n) is 4.90. The third-order valence-corrected chi connectivity index (χ3v) is 4.24. The lowest BCUT2D eigenvalue weighted by molar-refractivity contribution is -0.124. The van der Waals surface area contributed by atoms with Crippen LogP contribution < -0.4 is 10.6 Å². The molecule has 0 saturated heterocycles. The van der Waals surface area contributed by atoms with E-state index < -0.39 is 5.97 Å². The van der Waals surface area contributed by atoms with E-state index in [2.05, 4.69) is 10.6 Å². The Morgan fingerprint density at radius 1 is 1.14 bits per heavy atom. The first-order chi connectivity index (χ1) is 10.4. The number of hydrogen-bond donors (Lipinski definition) is 3. The molecule has 0 saturated carbocycles. The summed E-state index contributed by atoms with van der Waals surface area (Å²) in [6.07, 6.45) is 1.57. The molecule has 0 radical (unpaired) electrons. The average molecular weight is 326 g/mol. The van der Waals surface area contributed by atoms with Crippen LogP contribution in [0.1, 0.15) is 53.9 Å². The number of thiophene rings is 1. The fraction of sp³-hybridized carbons (Fsp3) is 0.533. The SMILES string of the molecule is CCCNC(=O)CCC(=O)Nc1sc(C)c(CC)c1C(=O)O. The Morgan fingerprint density at radius 2 is 1.77 bits per heavy atom. The maximum Gasteiger partial charge on any atom is 0.339 e. The van der Waals surface area contributed by atoms with Crippen LogP contribution in [-0.2, 0) is 16.0 Å². The van der Waals surface area contributed by atoms with E-state index >= 15 is 0 Å². The summed E-state index contributed by atoms with van der Waals surface area (Å²) in [7, 11) is 0. The topological polar surface area (TPSA) is 95.5 Å². The highest BCUT2D eigenvalue weighted by Gasteiger charge is 2.21. The molecule has 1 heterocycles. The van der Waals surface area contributed by atoms with Crippen LogP contribution in [0.15, 0.2) is 0 Å². The summed E-state index contributed by atoms with van der Waals surface area (Å²) in [5, 5.41) is 15.0. The van der Waals surface area contributed by atoms with E-state index in [9.17, 15) is 19.5 Å². The molecule has 3 N–H and O–H groups in total. The first kappa shape index (κ1) is 18.2. The standard InChI is InChI=1S/C15H22N2O4S/c1-4-8-16-11(18)6-7-12(19)17-14-13(15(20)21)10(5-2)9(3)22-14/h4-8H2,1-3H3,(H,16,18)(H,17,19)(H,20,21). The minimum absolute atomic E-state index is 0.0347. The van der Waals surface area contributed by atoms with Gasteiger partial charge >= 0.3 is 5.97 Å². The van der Waals surface area contributed by atoms with Crippen molar-refractivity contribution in [1.29, 1.82) is 0 Å². The molecule has 0 fully saturated rings. The lowest BCUT2D eigenvalue weighted by atomic mass is 10.1. The molecule has 0 unspecified atom stereocenters. The Labute approximate surface area is 133 Å². The van der Waals surface area contributed by atoms with Gasteiger partial charge in [-0.1, -0.05) is 13.8 Å². The van der Waals surface area contributed by atoms with Gasteiger partial charge in [-0.25, -0.2) is 4.79 Å². The minimum Gasteiger partial charge on any atom is -0.478 e. The van der Waals surface area contributed by atoms with Crippen molar-refractivity contribution in [2.45, 2.75) is 46.5 Å². The summed E-state index contributed by atoms with van der Waals surface area (Å²) in [6.45, 7) is 6.26. The predicted octanol–water partition coefficient (Wildman–Crippen LogP) is 2.56. The zero-order valence-corrected chi connectivity index (χ0v) is 13.9. The normalized spacial score (nSPS) is 10.3. The molecule has 0 aromatic carbocycles. The van der Waals surface area contributed by atoms with Gasteiger partial charge in [-0.05, 0) is 25.3 Å². The lowest BCUT2D eigenvalue weighted by Gasteiger charge is -2.06. The highest BCUT2D eigenvalue weighted by Crippen LogP contribution is 2.33. The van der Waals surface area contributed by atoms with Crippen molar-refractivity contribution in [3.63, 3.8) is 0 Å². The molecule has 0 atom stereocenters. The van der Waals surface area contributed by atoms with E-state index in [-0.39, 0.29) is 30.2 Å². The molecule has 22 heavy (non-hydrogen) atoms. The van der Waals surface area contributed by atoms with Crippen molar-refractivity contribution in [3.8, 4) is 0 Å². The van der Waals surface area contributed by atoms with Gasteiger partial charge in [-0.3, -0.25) is 9.59 Å². The zero-order chi connectivity index (χ0) is 16.7. The Balaban J connectivity index is 2.69. The van der Waals surface area contributed by atoms with Gasteiger partial charge in [-0.15, -0.1) is 11.3 Å². The van der Waals surface area contributed by atoms with E-state index in [1.165, 1.54) is 11.3 Å². The summed E-state index contributed by atoms with van der Waals surface area (Å²) in [5.41, 5.74) is 0.905. The van der Waals surface area contributed by atoms with Gasteiger partial charge in [0.2, 0.25) is 11.8 Å². The predicted molar refractivity (Wildman–Crippen MR) is 86.6 cm³/mol. The van der Waals surface area contributed by atoms with E-state index in [0.717, 1.165) is 16.9 Å². The minimum atomic E-state index is -1.04. The Bertz CT molecular complexity index is 566. The molecular weight excluding hydrogens is 304 g/mol. The van der Waals surface area contributed by atoms with Crippen molar-refractivity contribution in [2.75, 3.05) is 11.9 Å². The molecule has 0 aliphatic carbocycles. The average Bonchev–Trinajstić information content (AvgIpc) is 2.78. The first-order valence-corrected chi connectivity index (χ1v) is 8.14. The number of amides is 2. The molecule has 1 aromatic rings. The summed E-state index contributed by atoms with van der Waals surface area (Å²) in [6, 6.07) is 0. The summed E-state index contributed by atoms with van der Waals surface area (Å²) < 4.78 is 0. The van der Waals surface area contributed by atoms with Gasteiger partial charge in [0.25, 0.3) is 0 Å². The smallest absolute Gasteiger partial charge is 0.339 e. The molecule has 0 bridgehead atoms. The summed E-state index contributed by atoms with van der Waals surface area (Å²) in [5.74, 6) is -1.57. The largest absolute Gasteiger partial charge is 0.478 e. The van der Waals surface area contributed by atoms with Gasteiger partial charge in [0.15, 0.2) is 0 Å². The second-order valence-corrected chi connectivity index (χ2v) is 6.12. The van der Waals surface area contributed by atoms with Crippen molar-refractivity contribution >= 4 is 34.1 Å². The summed E-state index contributed by atoms with van der Waals surface area (Å²) >= 11 is 1.26. The number of carboxylic acid groups (broad SMARTS) is 1. The van der Waals surface area contributed by atoms with Gasteiger partial charge in [-0.2, -0.15) is 0 Å². The zero-order valence-electron chi connectivity index (χ0n) is 13.1. The van der Waals surface area contributed by atoms with Gasteiger partial charge in [0.1, 0.15) is 5.00 Å². The van der Waals surface area contributed by atoms with Crippen LogP contribution in [0.3, 0.4) is 0 Å². The maximum absolute atomic E-state index is 11.9. The van der Waals surface area contributed by atoms with Crippen molar-refractivity contribution in [2.24, 2.45) is 0 Å². The van der Waals surface area contributed by atoms with Gasteiger partial charge in [0.05, 0.1) is 5.56 Å². The number of aryl methyl sites for hydroxylation is 1. The Hall–Kier alpha value is -1.89. The van der Waals surface area contributed by atoms with Crippen LogP contribution in [0.5, 0.6) is 0 Å². The molecular formula is C15H22N2O4S. The molecule has 2 amide bonds. The van der Waals surface area contributed by atoms with Crippen LogP contribution in [0, 0.1) is 6.92 Å². The van der Waals surface area contributed by atoms with Crippen LogP contribution in [0.4, 0.5) is 5.00 Å². The lowest BCUT2D eigenvalue weighted by Crippen LogP contribution is -2.25. The van der Waals surface area contributed by atoms with E-state index in [1.54, 1.807) is 0 Å². The quantitative estimate of drug-likeness (QED) is 0.684. The molecule has 0 aliphatic heterocycles. The molecule has 1 aromatic heterocycles. The van der Waals surface area contributed by atoms with E-state index in [4.69, 9.17) is 0 Å². The Kier molecular flexibility index (Phi) is 7.04. The number of rotatable bonds is 8. The van der Waals surface area contributed by atoms with E-state index in [0.29, 0.717) is 18.0 Å². The van der Waals surface area contributed by atoms with Crippen molar-refractivity contribution in [3.05, 3.63) is 16.0 Å². The maximum atomic E-state index is 11.9. The first-order valence-electron chi connectivity index (χ1n) is 7.32. The van der Waals surface area contributed by atoms with Crippen LogP contribution >= 0.6 is 11.3 Å². The van der Waals surface area contributed by atoms with Crippen molar-refractivity contribution in [1.82, 2.24) is 5.32 Å². The third-order valence-electron chi connectivity index (χ3n) is 3.18. The molecule has 122 valence electrons. The molecule has 6 nitrogen and oxygen atoms in total. The van der Waals surface area contributed by atoms with Crippen LogP contribution in [0.25, 0.3) is 0 Å². The fourth-order valence-electron chi connectivity index (χ4n) is 2.09. The van der Waals surface area contributed by atoms with Crippen molar-refractivity contribution < 1.29 is 19.5 Å². The number of carbonyl (C=O) groups is 3. The number of anilines is 1. The summed E-state index contributed by atoms with van der Waals surface area (Å²) in [4.78, 5) is 35.6. The number of carbonyl (C=O) groups excluding carboxylic acids is 2. The highest BCUT2D eigenvalue weighted by atomic mass is 32.1. The monoisotopic (exact) mass is 326 g/mol. The van der Waals surface area contributed by atoms with Crippen LogP contribution in [0.2, 0.25) is 0 Å². The number of nitrogens with one attached hydrogen (secondary N) is 2. The molecule has 0 aliphatic rings. The molecule has 7 heteroatoms. The van der Waals surface area contributed by atoms with Crippen LogP contribution in [-0.4, -0.2) is 29.4 Å². The van der Waals surface area contributed by atoms with Gasteiger partial charge in [0, 0.05) is 24.3 Å². The fourth-order valence-corrected chi connectivity index (χ4v) is 3.24. The third kappa shape index (κ3) is 4.84. The van der Waals surface area contributed by atoms with E-state index in [1.807, 2.05) is 20.8 Å². The molecule has 1 rings (SSSR count). The molecule has 0 spiro atoms.